The molecule has 5 rings (SSSR count). The van der Waals surface area contributed by atoms with Gasteiger partial charge in [0.15, 0.2) is 0 Å². The van der Waals surface area contributed by atoms with Crippen molar-refractivity contribution in [1.82, 2.24) is 20.1 Å². The summed E-state index contributed by atoms with van der Waals surface area (Å²) in [5.74, 6) is -0.477. The number of pyridine rings is 1. The van der Waals surface area contributed by atoms with Crippen molar-refractivity contribution in [2.45, 2.75) is 26.9 Å². The topological polar surface area (TPSA) is 73.9 Å². The molecule has 1 aliphatic heterocycles. The first-order valence-corrected chi connectivity index (χ1v) is 10.2. The highest BCUT2D eigenvalue weighted by Gasteiger charge is 2.24. The first-order valence-electron chi connectivity index (χ1n) is 9.84. The van der Waals surface area contributed by atoms with Crippen LogP contribution < -0.4 is 5.32 Å². The van der Waals surface area contributed by atoms with Gasteiger partial charge in [0.25, 0.3) is 0 Å². The fraction of sp³-hybridized carbons (Fsp3) is 0.174. The average Bonchev–Trinajstić information content (AvgIpc) is 3.12. The number of hydrogen-bond acceptors (Lipinski definition) is 3. The molecular formula is C23H19ClFN5O. The number of nitrogens with one attached hydrogen (secondary N) is 2. The summed E-state index contributed by atoms with van der Waals surface area (Å²) in [5.41, 5.74) is 7.04. The summed E-state index contributed by atoms with van der Waals surface area (Å²) in [6.07, 6.45) is 0. The molecule has 2 N–H and O–H groups in total. The molecule has 1 aliphatic rings. The maximum atomic E-state index is 13.5. The largest absolute Gasteiger partial charge is 0.322 e. The van der Waals surface area contributed by atoms with Gasteiger partial charge < -0.3 is 10.2 Å². The van der Waals surface area contributed by atoms with Crippen LogP contribution in [0, 0.1) is 19.7 Å². The van der Waals surface area contributed by atoms with Crippen molar-refractivity contribution in [1.29, 1.82) is 0 Å². The molecule has 0 fully saturated rings. The second-order valence-electron chi connectivity index (χ2n) is 7.80. The van der Waals surface area contributed by atoms with E-state index in [1.165, 1.54) is 6.07 Å². The number of benzene rings is 2. The number of carbonyl (C=O) groups excluding carboxylic acids is 1. The Labute approximate surface area is 183 Å². The number of urea groups is 1. The molecule has 0 radical (unpaired) electrons. The molecule has 0 atom stereocenters. The third-order valence-corrected chi connectivity index (χ3v) is 5.68. The minimum Gasteiger partial charge on any atom is -0.316 e. The standard InChI is InChI=1S/C23H19ClFN5O/c1-12-5-15(6-13(2)26-12)22-17-8-16-11-30(10-14-3-4-19(25)18(24)7-14)23(31)27-20(16)9-21(17)28-29-22/h3-9H,10-11H2,1-2H3,(H,27,31)(H,28,29). The molecule has 0 aliphatic carbocycles. The summed E-state index contributed by atoms with van der Waals surface area (Å²) in [7, 11) is 0. The normalized spacial score (nSPS) is 13.4. The molecule has 0 saturated heterocycles. The lowest BCUT2D eigenvalue weighted by Crippen LogP contribution is -2.38. The lowest BCUT2D eigenvalue weighted by Gasteiger charge is -2.29. The number of halogens is 2. The monoisotopic (exact) mass is 435 g/mol. The molecule has 6 nitrogen and oxygen atoms in total. The molecule has 2 aromatic carbocycles. The van der Waals surface area contributed by atoms with Gasteiger partial charge in [-0.25, -0.2) is 9.18 Å². The number of anilines is 1. The summed E-state index contributed by atoms with van der Waals surface area (Å²) < 4.78 is 13.5. The van der Waals surface area contributed by atoms with E-state index in [4.69, 9.17) is 11.6 Å². The number of nitrogens with zero attached hydrogens (tertiary/aromatic N) is 3. The molecule has 8 heteroatoms. The van der Waals surface area contributed by atoms with Crippen molar-refractivity contribution >= 4 is 34.2 Å². The van der Waals surface area contributed by atoms with Crippen LogP contribution in [0.2, 0.25) is 5.02 Å². The van der Waals surface area contributed by atoms with Gasteiger partial charge >= 0.3 is 6.03 Å². The predicted octanol–water partition coefficient (Wildman–Crippen LogP) is 5.58. The van der Waals surface area contributed by atoms with Crippen molar-refractivity contribution in [3.05, 3.63) is 75.8 Å². The Morgan fingerprint density at radius 1 is 1.13 bits per heavy atom. The zero-order valence-corrected chi connectivity index (χ0v) is 17.7. The summed E-state index contributed by atoms with van der Waals surface area (Å²) in [6, 6.07) is 12.3. The number of hydrogen-bond donors (Lipinski definition) is 2. The van der Waals surface area contributed by atoms with Gasteiger partial charge in [-0.15, -0.1) is 0 Å². The number of H-pyrrole nitrogens is 1. The van der Waals surface area contributed by atoms with Crippen LogP contribution in [0.5, 0.6) is 0 Å². The molecule has 156 valence electrons. The Bertz CT molecular complexity index is 1330. The van der Waals surface area contributed by atoms with Crippen molar-refractivity contribution in [3.63, 3.8) is 0 Å². The van der Waals surface area contributed by atoms with E-state index in [1.807, 2.05) is 32.0 Å². The van der Waals surface area contributed by atoms with Gasteiger partial charge in [0.1, 0.15) is 11.5 Å². The van der Waals surface area contributed by atoms with E-state index in [2.05, 4.69) is 26.6 Å². The fourth-order valence-electron chi connectivity index (χ4n) is 4.01. The zero-order chi connectivity index (χ0) is 21.7. The van der Waals surface area contributed by atoms with E-state index in [9.17, 15) is 9.18 Å². The third-order valence-electron chi connectivity index (χ3n) is 5.39. The van der Waals surface area contributed by atoms with E-state index in [0.717, 1.165) is 50.4 Å². The van der Waals surface area contributed by atoms with Crippen LogP contribution >= 0.6 is 11.6 Å². The molecule has 0 saturated carbocycles. The molecule has 3 heterocycles. The Hall–Kier alpha value is -3.45. The minimum atomic E-state index is -0.477. The Kier molecular flexibility index (Phi) is 4.63. The molecular weight excluding hydrogens is 417 g/mol. The van der Waals surface area contributed by atoms with Gasteiger partial charge in [0.2, 0.25) is 0 Å². The number of aromatic nitrogens is 3. The second-order valence-corrected chi connectivity index (χ2v) is 8.21. The van der Waals surface area contributed by atoms with Crippen LogP contribution in [-0.2, 0) is 13.1 Å². The maximum Gasteiger partial charge on any atom is 0.322 e. The summed E-state index contributed by atoms with van der Waals surface area (Å²) in [6.45, 7) is 4.67. The SMILES string of the molecule is Cc1cc(-c2n[nH]c3cc4c(cc23)CN(Cc2ccc(F)c(Cl)c2)C(=O)N4)cc(C)n1. The van der Waals surface area contributed by atoms with Crippen molar-refractivity contribution < 1.29 is 9.18 Å². The van der Waals surface area contributed by atoms with E-state index in [-0.39, 0.29) is 11.1 Å². The Morgan fingerprint density at radius 3 is 2.65 bits per heavy atom. The maximum absolute atomic E-state index is 13.5. The predicted molar refractivity (Wildman–Crippen MR) is 118 cm³/mol. The number of rotatable bonds is 3. The lowest BCUT2D eigenvalue weighted by atomic mass is 10.0. The van der Waals surface area contributed by atoms with E-state index in [0.29, 0.717) is 13.1 Å². The van der Waals surface area contributed by atoms with Gasteiger partial charge in [-0.3, -0.25) is 10.1 Å². The first-order chi connectivity index (χ1) is 14.9. The van der Waals surface area contributed by atoms with Crippen LogP contribution in [0.25, 0.3) is 22.2 Å². The van der Waals surface area contributed by atoms with Crippen molar-refractivity contribution in [2.24, 2.45) is 0 Å². The van der Waals surface area contributed by atoms with E-state index < -0.39 is 5.82 Å². The lowest BCUT2D eigenvalue weighted by molar-refractivity contribution is 0.204. The molecule has 0 spiro atoms. The second kappa shape index (κ2) is 7.35. The van der Waals surface area contributed by atoms with Gasteiger partial charge in [-0.2, -0.15) is 5.10 Å². The molecule has 31 heavy (non-hydrogen) atoms. The van der Waals surface area contributed by atoms with Gasteiger partial charge in [0.05, 0.1) is 10.5 Å². The quantitative estimate of drug-likeness (QED) is 0.441. The smallest absolute Gasteiger partial charge is 0.316 e. The zero-order valence-electron chi connectivity index (χ0n) is 17.0. The van der Waals surface area contributed by atoms with E-state index >= 15 is 0 Å². The molecule has 4 aromatic rings. The van der Waals surface area contributed by atoms with Gasteiger partial charge in [-0.05, 0) is 61.4 Å². The highest BCUT2D eigenvalue weighted by Crippen LogP contribution is 2.34. The highest BCUT2D eigenvalue weighted by atomic mass is 35.5. The number of amides is 2. The van der Waals surface area contributed by atoms with Crippen molar-refractivity contribution in [2.75, 3.05) is 5.32 Å². The number of fused-ring (bicyclic) bond motifs is 2. The summed E-state index contributed by atoms with van der Waals surface area (Å²) in [4.78, 5) is 18.7. The van der Waals surface area contributed by atoms with E-state index in [1.54, 1.807) is 17.0 Å². The molecule has 2 aromatic heterocycles. The number of aryl methyl sites for hydroxylation is 2. The average molecular weight is 436 g/mol. The summed E-state index contributed by atoms with van der Waals surface area (Å²) >= 11 is 5.89. The summed E-state index contributed by atoms with van der Waals surface area (Å²) in [5, 5.41) is 11.5. The Balaban J connectivity index is 1.50. The van der Waals surface area contributed by atoms with Crippen LogP contribution in [0.4, 0.5) is 14.9 Å². The van der Waals surface area contributed by atoms with Crippen LogP contribution in [-0.4, -0.2) is 26.1 Å². The van der Waals surface area contributed by atoms with Crippen molar-refractivity contribution in [3.8, 4) is 11.3 Å². The molecule has 0 bridgehead atoms. The van der Waals surface area contributed by atoms with Gasteiger partial charge in [0, 0.05) is 41.1 Å². The minimum absolute atomic E-state index is 0.0444. The fourth-order valence-corrected chi connectivity index (χ4v) is 4.21. The third kappa shape index (κ3) is 3.61. The molecule has 2 amide bonds. The first kappa shape index (κ1) is 19.5. The van der Waals surface area contributed by atoms with Crippen LogP contribution in [0.15, 0.2) is 42.5 Å². The highest BCUT2D eigenvalue weighted by molar-refractivity contribution is 6.30. The van der Waals surface area contributed by atoms with Gasteiger partial charge in [-0.1, -0.05) is 17.7 Å². The molecule has 0 unspecified atom stereocenters. The Morgan fingerprint density at radius 2 is 1.90 bits per heavy atom. The number of carbonyl (C=O) groups is 1. The van der Waals surface area contributed by atoms with Crippen LogP contribution in [0.3, 0.4) is 0 Å². The van der Waals surface area contributed by atoms with Crippen LogP contribution in [0.1, 0.15) is 22.5 Å². The number of aromatic amines is 1.